The van der Waals surface area contributed by atoms with Gasteiger partial charge in [-0.15, -0.1) is 0 Å². The summed E-state index contributed by atoms with van der Waals surface area (Å²) in [5.41, 5.74) is -0.393. The molecule has 26 heavy (non-hydrogen) atoms. The molecule has 3 nitrogen and oxygen atoms in total. The van der Waals surface area contributed by atoms with Gasteiger partial charge >= 0.3 is 5.97 Å². The lowest BCUT2D eigenvalue weighted by Gasteiger charge is -2.34. The molecule has 0 aromatic heterocycles. The second kappa shape index (κ2) is 7.45. The molecule has 3 rings (SSSR count). The number of fused-ring (bicyclic) bond motifs is 5. The molecule has 0 saturated heterocycles. The summed E-state index contributed by atoms with van der Waals surface area (Å²) in [6, 6.07) is 0. The Morgan fingerprint density at radius 2 is 1.58 bits per heavy atom. The molecule has 0 aromatic rings. The van der Waals surface area contributed by atoms with Crippen LogP contribution in [0.15, 0.2) is 0 Å². The maximum atomic E-state index is 12.0. The molecule has 0 aromatic carbocycles. The molecule has 0 radical (unpaired) electrons. The number of hydrogen-bond donors (Lipinski definition) is 0. The average Bonchev–Trinajstić information content (AvgIpc) is 3.17. The topological polar surface area (TPSA) is 35.5 Å². The van der Waals surface area contributed by atoms with Crippen LogP contribution in [0.2, 0.25) is 0 Å². The number of rotatable bonds is 6. The summed E-state index contributed by atoms with van der Waals surface area (Å²) in [6.45, 7) is 13.8. The van der Waals surface area contributed by atoms with Gasteiger partial charge in [-0.2, -0.15) is 0 Å². The van der Waals surface area contributed by atoms with Crippen LogP contribution in [0.1, 0.15) is 80.1 Å². The highest BCUT2D eigenvalue weighted by Crippen LogP contribution is 2.63. The van der Waals surface area contributed by atoms with Gasteiger partial charge in [-0.25, -0.2) is 0 Å². The zero-order valence-electron chi connectivity index (χ0n) is 17.8. The van der Waals surface area contributed by atoms with E-state index in [-0.39, 0.29) is 17.0 Å². The minimum Gasteiger partial charge on any atom is -0.465 e. The van der Waals surface area contributed by atoms with E-state index in [2.05, 4.69) is 20.8 Å². The zero-order valence-corrected chi connectivity index (χ0v) is 17.8. The second-order valence-electron chi connectivity index (χ2n) is 11.2. The number of esters is 1. The Morgan fingerprint density at radius 3 is 2.23 bits per heavy atom. The van der Waals surface area contributed by atoms with Gasteiger partial charge in [0.1, 0.15) is 0 Å². The van der Waals surface area contributed by atoms with Gasteiger partial charge < -0.3 is 9.47 Å². The van der Waals surface area contributed by atoms with Crippen LogP contribution in [0.4, 0.5) is 0 Å². The molecule has 3 fully saturated rings. The van der Waals surface area contributed by atoms with Crippen molar-refractivity contribution in [2.75, 3.05) is 13.2 Å². The molecule has 0 aliphatic heterocycles. The van der Waals surface area contributed by atoms with Crippen molar-refractivity contribution in [3.8, 4) is 0 Å². The summed E-state index contributed by atoms with van der Waals surface area (Å²) < 4.78 is 11.5. The predicted molar refractivity (Wildman–Crippen MR) is 105 cm³/mol. The van der Waals surface area contributed by atoms with Crippen molar-refractivity contribution >= 4 is 5.97 Å². The molecule has 3 aliphatic carbocycles. The average molecular weight is 365 g/mol. The minimum atomic E-state index is -0.382. The molecule has 0 N–H and O–H groups in total. The highest BCUT2D eigenvalue weighted by molar-refractivity contribution is 5.75. The molecule has 3 saturated carbocycles. The van der Waals surface area contributed by atoms with E-state index < -0.39 is 0 Å². The number of ether oxygens (including phenoxy) is 2. The lowest BCUT2D eigenvalue weighted by atomic mass is 9.72. The van der Waals surface area contributed by atoms with Gasteiger partial charge in [0, 0.05) is 6.61 Å². The fraction of sp³-hybridized carbons (Fsp3) is 0.957. The van der Waals surface area contributed by atoms with E-state index in [4.69, 9.17) is 9.47 Å². The van der Waals surface area contributed by atoms with Crippen LogP contribution in [0.25, 0.3) is 0 Å². The van der Waals surface area contributed by atoms with Crippen LogP contribution in [-0.4, -0.2) is 24.8 Å². The normalized spacial score (nSPS) is 36.4. The maximum absolute atomic E-state index is 12.0. The van der Waals surface area contributed by atoms with E-state index in [9.17, 15) is 4.79 Å². The quantitative estimate of drug-likeness (QED) is 0.586. The molecule has 6 unspecified atom stereocenters. The first-order chi connectivity index (χ1) is 12.1. The molecule has 0 amide bonds. The van der Waals surface area contributed by atoms with E-state index in [1.165, 1.54) is 32.1 Å². The predicted octanol–water partition coefficient (Wildman–Crippen LogP) is 5.47. The van der Waals surface area contributed by atoms with Gasteiger partial charge in [0.15, 0.2) is 0 Å². The summed E-state index contributed by atoms with van der Waals surface area (Å²) in [6.07, 6.45) is 7.94. The highest BCUT2D eigenvalue weighted by Gasteiger charge is 2.56. The van der Waals surface area contributed by atoms with Gasteiger partial charge in [-0.05, 0) is 116 Å². The van der Waals surface area contributed by atoms with Crippen molar-refractivity contribution in [1.29, 1.82) is 0 Å². The maximum Gasteiger partial charge on any atom is 0.311 e. The minimum absolute atomic E-state index is 0.0108. The van der Waals surface area contributed by atoms with E-state index in [0.29, 0.717) is 6.61 Å². The Bertz CT molecular complexity index is 499. The van der Waals surface area contributed by atoms with Crippen LogP contribution < -0.4 is 0 Å². The first kappa shape index (κ1) is 20.2. The van der Waals surface area contributed by atoms with E-state index in [1.54, 1.807) is 0 Å². The highest BCUT2D eigenvalue weighted by atomic mass is 16.5. The monoisotopic (exact) mass is 364 g/mol. The molecule has 0 heterocycles. The molecule has 2 bridgehead atoms. The summed E-state index contributed by atoms with van der Waals surface area (Å²) >= 11 is 0. The van der Waals surface area contributed by atoms with Crippen molar-refractivity contribution in [3.05, 3.63) is 0 Å². The molecular formula is C23H40O3. The Labute approximate surface area is 160 Å². The van der Waals surface area contributed by atoms with Crippen molar-refractivity contribution in [1.82, 2.24) is 0 Å². The SMILES string of the molecule is CC(C)(C)OCCC1CC2CC1C1CCC(CCOC(=O)C(C)(C)C)C21. The van der Waals surface area contributed by atoms with Crippen LogP contribution in [0.3, 0.4) is 0 Å². The van der Waals surface area contributed by atoms with Crippen LogP contribution in [0.5, 0.6) is 0 Å². The largest absolute Gasteiger partial charge is 0.465 e. The first-order valence-corrected chi connectivity index (χ1v) is 10.9. The summed E-state index contributed by atoms with van der Waals surface area (Å²) in [5, 5.41) is 0. The number of carbonyl (C=O) groups excluding carboxylic acids is 1. The van der Waals surface area contributed by atoms with E-state index in [0.717, 1.165) is 48.5 Å². The lowest BCUT2D eigenvalue weighted by molar-refractivity contribution is -0.153. The Kier molecular flexibility index (Phi) is 5.78. The first-order valence-electron chi connectivity index (χ1n) is 10.9. The smallest absolute Gasteiger partial charge is 0.311 e. The third-order valence-corrected chi connectivity index (χ3v) is 7.15. The lowest BCUT2D eigenvalue weighted by Crippen LogP contribution is -2.30. The standard InChI is InChI=1S/C23H40O3/c1-22(2,3)21(24)25-11-9-15-7-8-18-19-14-17(20(15)18)13-16(19)10-12-26-23(4,5)6/h15-20H,7-14H2,1-6H3. The zero-order chi connectivity index (χ0) is 19.1. The molecule has 0 spiro atoms. The number of hydrogen-bond acceptors (Lipinski definition) is 3. The van der Waals surface area contributed by atoms with Crippen molar-refractivity contribution < 1.29 is 14.3 Å². The van der Waals surface area contributed by atoms with Crippen molar-refractivity contribution in [3.63, 3.8) is 0 Å². The molecular weight excluding hydrogens is 324 g/mol. The molecule has 150 valence electrons. The van der Waals surface area contributed by atoms with Crippen LogP contribution in [-0.2, 0) is 14.3 Å². The van der Waals surface area contributed by atoms with Gasteiger partial charge in [0.25, 0.3) is 0 Å². The van der Waals surface area contributed by atoms with E-state index in [1.807, 2.05) is 20.8 Å². The van der Waals surface area contributed by atoms with Crippen LogP contribution in [0, 0.1) is 40.9 Å². The van der Waals surface area contributed by atoms with Gasteiger partial charge in [-0.1, -0.05) is 0 Å². The Hall–Kier alpha value is -0.570. The molecule has 6 atom stereocenters. The summed E-state index contributed by atoms with van der Waals surface area (Å²) in [5.74, 6) is 5.34. The Balaban J connectivity index is 1.44. The van der Waals surface area contributed by atoms with Crippen molar-refractivity contribution in [2.24, 2.45) is 40.9 Å². The summed E-state index contributed by atoms with van der Waals surface area (Å²) in [4.78, 5) is 12.0. The molecule has 3 aliphatic rings. The van der Waals surface area contributed by atoms with Gasteiger partial charge in [0.2, 0.25) is 0 Å². The summed E-state index contributed by atoms with van der Waals surface area (Å²) in [7, 11) is 0. The third-order valence-electron chi connectivity index (χ3n) is 7.15. The van der Waals surface area contributed by atoms with Gasteiger partial charge in [0.05, 0.1) is 17.6 Å². The second-order valence-corrected chi connectivity index (χ2v) is 11.2. The number of carbonyl (C=O) groups is 1. The van der Waals surface area contributed by atoms with Crippen molar-refractivity contribution in [2.45, 2.75) is 85.7 Å². The Morgan fingerprint density at radius 1 is 0.885 bits per heavy atom. The molecule has 3 heteroatoms. The fourth-order valence-corrected chi connectivity index (χ4v) is 6.12. The van der Waals surface area contributed by atoms with Crippen LogP contribution >= 0.6 is 0 Å². The van der Waals surface area contributed by atoms with Gasteiger partial charge in [-0.3, -0.25) is 4.79 Å². The fourth-order valence-electron chi connectivity index (χ4n) is 6.12. The third kappa shape index (κ3) is 4.46. The van der Waals surface area contributed by atoms with E-state index >= 15 is 0 Å².